The van der Waals surface area contributed by atoms with Crippen LogP contribution in [0.15, 0.2) is 401 Å². The normalized spacial score (nSPS) is 11.2. The van der Waals surface area contributed by atoms with Gasteiger partial charge in [0, 0.05) is 96.3 Å². The fraction of sp³-hybridized carbons (Fsp3) is 0. The second kappa shape index (κ2) is 31.6. The van der Waals surface area contributed by atoms with Crippen LogP contribution < -0.4 is 0 Å². The molecule has 0 unspecified atom stereocenters. The molecule has 124 heavy (non-hydrogen) atoms. The molecular weight excluding hydrogens is 1520 g/mol. The predicted molar refractivity (Wildman–Crippen MR) is 496 cm³/mol. The molecule has 0 aliphatic heterocycles. The van der Waals surface area contributed by atoms with Crippen molar-refractivity contribution in [2.24, 2.45) is 0 Å². The molecule has 0 amide bonds. The first kappa shape index (κ1) is 73.8. The largest absolute Gasteiger partial charge is 0.456 e. The Bertz CT molecular complexity index is 7980. The fourth-order valence-electron chi connectivity index (χ4n) is 17.2. The summed E-state index contributed by atoms with van der Waals surface area (Å²) in [4.78, 5) is 21.9. The molecule has 13 nitrogen and oxygen atoms in total. The van der Waals surface area contributed by atoms with Crippen molar-refractivity contribution in [1.29, 1.82) is 21.0 Å². The molecule has 0 aliphatic rings. The highest BCUT2D eigenvalue weighted by molar-refractivity contribution is 6.26. The summed E-state index contributed by atoms with van der Waals surface area (Å²) in [6, 6.07) is 127. The zero-order valence-corrected chi connectivity index (χ0v) is 66.0. The molecule has 15 aromatic carbocycles. The van der Waals surface area contributed by atoms with Crippen LogP contribution >= 0.6 is 0 Å². The van der Waals surface area contributed by atoms with Gasteiger partial charge in [-0.05, 0) is 214 Å². The van der Waals surface area contributed by atoms with Crippen LogP contribution in [-0.4, -0.2) is 24.9 Å². The van der Waals surface area contributed by atoms with E-state index >= 15 is 0 Å². The minimum Gasteiger partial charge on any atom is -0.456 e. The lowest BCUT2D eigenvalue weighted by atomic mass is 9.94. The van der Waals surface area contributed by atoms with Crippen molar-refractivity contribution in [3.63, 3.8) is 0 Å². The Morgan fingerprint density at radius 1 is 0.202 bits per heavy atom. The fourth-order valence-corrected chi connectivity index (χ4v) is 17.2. The van der Waals surface area contributed by atoms with E-state index in [9.17, 15) is 21.0 Å². The van der Waals surface area contributed by atoms with Gasteiger partial charge >= 0.3 is 0 Å². The van der Waals surface area contributed by atoms with E-state index in [1.54, 1.807) is 43.1 Å². The number of furan rings is 4. The van der Waals surface area contributed by atoms with Gasteiger partial charge in [-0.15, -0.1) is 0 Å². The van der Waals surface area contributed by atoms with E-state index in [4.69, 9.17) is 22.7 Å². The molecule has 0 fully saturated rings. The first-order valence-corrected chi connectivity index (χ1v) is 40.3. The van der Waals surface area contributed by atoms with Crippen molar-refractivity contribution in [2.45, 2.75) is 0 Å². The highest BCUT2D eigenvalue weighted by Crippen LogP contribution is 2.47. The maximum absolute atomic E-state index is 9.31. The number of nitriles is 4. The minimum atomic E-state index is 0.374. The molecule has 0 N–H and O–H groups in total. The number of benzene rings is 15. The highest BCUT2D eigenvalue weighted by Gasteiger charge is 2.22. The van der Waals surface area contributed by atoms with Crippen molar-refractivity contribution in [3.05, 3.63) is 405 Å². The number of fused-ring (bicyclic) bond motifs is 20. The Morgan fingerprint density at radius 2 is 0.573 bits per heavy atom. The average Bonchev–Trinajstić information content (AvgIpc) is 1.60. The first-order valence-electron chi connectivity index (χ1n) is 40.3. The summed E-state index contributed by atoms with van der Waals surface area (Å²) in [5.41, 5.74) is 24.7. The molecule has 0 saturated heterocycles. The molecule has 9 heterocycles. The van der Waals surface area contributed by atoms with Gasteiger partial charge in [-0.2, -0.15) is 21.0 Å². The van der Waals surface area contributed by atoms with Crippen LogP contribution in [0, 0.1) is 45.3 Å². The maximum Gasteiger partial charge on any atom is 0.141 e. The number of aromatic nitrogens is 5. The van der Waals surface area contributed by atoms with Gasteiger partial charge in [0.1, 0.15) is 74.3 Å². The lowest BCUT2D eigenvalue weighted by molar-refractivity contribution is 0.669. The van der Waals surface area contributed by atoms with Crippen LogP contribution in [-0.2, 0) is 0 Å². The Labute approximate surface area is 709 Å². The minimum absolute atomic E-state index is 0.374. The molecule has 0 spiro atoms. The lowest BCUT2D eigenvalue weighted by Crippen LogP contribution is -1.91. The zero-order chi connectivity index (χ0) is 83.1. The molecule has 0 aliphatic carbocycles. The maximum atomic E-state index is 9.31. The standard InChI is InChI=1S/3C28H16N2O.C27H15N3O/c29-15-18-12-21(17-30-16-18)25-14-27-28(23-9-5-4-8-22(23)25)24-11-10-20(13-26(24)31-27)19-6-2-1-3-7-19;29-17-18-12-13-30-25(14-18)24-16-27-28(22-9-5-4-8-21(22)24)23-11-10-20(15-26(23)31-27)19-6-2-1-3-7-19;29-17-21-14-20(12-13-30-21)25-16-27-28(23-9-5-4-8-22(23)25)24-11-10-19(15-26(24)31-27)18-6-2-1-3-7-18;28-16-18-14-17(12-13-29-18)23-9-5-10-24(30-23)22-15-26-27(20-7-2-1-6-19(20)22)21-8-3-4-11-25(21)31-26/h1-14,16-17H;2*1-16H;1-15H. The monoisotopic (exact) mass is 1590 g/mol. The zero-order valence-electron chi connectivity index (χ0n) is 66.0. The second-order valence-corrected chi connectivity index (χ2v) is 30.1. The number of rotatable bonds is 8. The van der Waals surface area contributed by atoms with Crippen LogP contribution in [0.25, 0.3) is 220 Å². The molecule has 9 aromatic heterocycles. The van der Waals surface area contributed by atoms with Crippen LogP contribution in [0.2, 0.25) is 0 Å². The van der Waals surface area contributed by atoms with E-state index in [0.29, 0.717) is 22.5 Å². The molecule has 0 bridgehead atoms. The number of hydrogen-bond acceptors (Lipinski definition) is 13. The summed E-state index contributed by atoms with van der Waals surface area (Å²) in [7, 11) is 0. The predicted octanol–water partition coefficient (Wildman–Crippen LogP) is 28.8. The SMILES string of the molecule is N#Cc1cc(-c2cc3oc4cc(-c5ccccc5)ccc4c3c3ccccc23)ccn1.N#Cc1cc(-c2cccc(-c3cc4oc5ccccc5c4c4ccccc34)n2)ccn1.N#Cc1ccnc(-c2cc3oc4cc(-c5ccccc5)ccc4c3c3ccccc23)c1.N#Cc1cncc(-c2cc3oc4cc(-c5ccccc5)ccc4c3c3ccccc23)c1. The van der Waals surface area contributed by atoms with Gasteiger partial charge in [-0.3, -0.25) is 9.97 Å². The second-order valence-electron chi connectivity index (χ2n) is 30.1. The van der Waals surface area contributed by atoms with E-state index < -0.39 is 0 Å². The number of hydrogen-bond donors (Lipinski definition) is 0. The first-order chi connectivity index (χ1) is 61.3. The van der Waals surface area contributed by atoms with Gasteiger partial charge in [0.25, 0.3) is 0 Å². The lowest BCUT2D eigenvalue weighted by Gasteiger charge is -2.09. The third kappa shape index (κ3) is 13.6. The van der Waals surface area contributed by atoms with E-state index in [1.807, 2.05) is 164 Å². The topological polar surface area (TPSA) is 212 Å². The number of pyridine rings is 5. The van der Waals surface area contributed by atoms with Gasteiger partial charge in [0.15, 0.2) is 0 Å². The Morgan fingerprint density at radius 3 is 1.04 bits per heavy atom. The molecule has 0 saturated carbocycles. The van der Waals surface area contributed by atoms with Gasteiger partial charge in [0.05, 0.1) is 34.3 Å². The van der Waals surface area contributed by atoms with Crippen molar-refractivity contribution in [1.82, 2.24) is 24.9 Å². The van der Waals surface area contributed by atoms with Crippen molar-refractivity contribution < 1.29 is 17.7 Å². The molecule has 13 heteroatoms. The van der Waals surface area contributed by atoms with Gasteiger partial charge in [-0.25, -0.2) is 15.0 Å². The molecule has 24 rings (SSSR count). The summed E-state index contributed by atoms with van der Waals surface area (Å²) >= 11 is 0. The van der Waals surface area contributed by atoms with E-state index in [2.05, 4.69) is 220 Å². The molecule has 576 valence electrons. The average molecular weight is 1590 g/mol. The van der Waals surface area contributed by atoms with Gasteiger partial charge < -0.3 is 17.7 Å². The Kier molecular flexibility index (Phi) is 18.8. The summed E-state index contributed by atoms with van der Waals surface area (Å²) in [5.74, 6) is 0. The van der Waals surface area contributed by atoms with E-state index in [0.717, 1.165) is 220 Å². The molecular formula is C111H63N9O4. The van der Waals surface area contributed by atoms with E-state index in [-0.39, 0.29) is 0 Å². The Hall–Kier alpha value is -17.8. The molecule has 0 atom stereocenters. The van der Waals surface area contributed by atoms with Gasteiger partial charge in [-0.1, -0.05) is 231 Å². The van der Waals surface area contributed by atoms with Crippen LogP contribution in [0.4, 0.5) is 0 Å². The summed E-state index contributed by atoms with van der Waals surface area (Å²) in [6.07, 6.45) is 8.37. The quantitative estimate of drug-likeness (QED) is 0.139. The van der Waals surface area contributed by atoms with Crippen LogP contribution in [0.1, 0.15) is 22.5 Å². The summed E-state index contributed by atoms with van der Waals surface area (Å²) < 4.78 is 25.3. The van der Waals surface area contributed by atoms with Crippen LogP contribution in [0.5, 0.6) is 0 Å². The molecule has 0 radical (unpaired) electrons. The third-order valence-corrected chi connectivity index (χ3v) is 22.9. The van der Waals surface area contributed by atoms with Crippen molar-refractivity contribution in [2.75, 3.05) is 0 Å². The van der Waals surface area contributed by atoms with Crippen molar-refractivity contribution in [3.8, 4) is 114 Å². The Balaban J connectivity index is 0.000000101. The number of para-hydroxylation sites is 1. The van der Waals surface area contributed by atoms with Gasteiger partial charge in [0.2, 0.25) is 0 Å². The molecule has 24 aromatic rings. The smallest absolute Gasteiger partial charge is 0.141 e. The number of nitrogens with zero attached hydrogens (tertiary/aromatic N) is 9. The van der Waals surface area contributed by atoms with E-state index in [1.165, 1.54) is 0 Å². The summed E-state index contributed by atoms with van der Waals surface area (Å²) in [5, 5.41) is 54.9. The third-order valence-electron chi connectivity index (χ3n) is 22.9. The summed E-state index contributed by atoms with van der Waals surface area (Å²) in [6.45, 7) is 0. The van der Waals surface area contributed by atoms with Crippen LogP contribution in [0.3, 0.4) is 0 Å². The van der Waals surface area contributed by atoms with Crippen molar-refractivity contribution >= 4 is 131 Å². The highest BCUT2D eigenvalue weighted by atomic mass is 16.3.